The molecule has 10 N–H and O–H groups in total. The van der Waals surface area contributed by atoms with Gasteiger partial charge in [0.25, 0.3) is 5.24 Å². The number of carbonyl (C=O) groups excluding carboxylic acids is 3. The number of rotatable bonds is 14. The van der Waals surface area contributed by atoms with Crippen LogP contribution < -0.4 is 4.43 Å². The number of carbonyl (C=O) groups is 3. The van der Waals surface area contributed by atoms with Crippen LogP contribution in [0.15, 0.2) is 152 Å². The lowest BCUT2D eigenvalue weighted by Crippen LogP contribution is -2.56. The molecule has 662 valence electrons. The van der Waals surface area contributed by atoms with Crippen LogP contribution in [0.4, 0.5) is 0 Å². The zero-order chi connectivity index (χ0) is 97.1. The fourth-order valence-electron chi connectivity index (χ4n) is 11.3. The largest absolute Gasteiger partial charge is 0.544 e. The second-order valence-corrected chi connectivity index (χ2v) is 38.4. The molecule has 5 unspecified atom stereocenters. The van der Waals surface area contributed by atoms with Crippen LogP contribution in [0, 0.1) is 171 Å². The smallest absolute Gasteiger partial charge is 0.252 e. The highest BCUT2D eigenvalue weighted by Gasteiger charge is 2.45. The molecule has 9 aromatic carbocycles. The number of alkyl halides is 1. The molecule has 2 heterocycles. The Kier molecular flexibility index (Phi) is 47.3. The first kappa shape index (κ1) is 110. The molecular formula is C106H94BrClI3N3O15Si. The molecule has 0 saturated carbocycles. The van der Waals surface area contributed by atoms with Crippen LogP contribution in [0.1, 0.15) is 186 Å². The number of unbranched alkanes of at least 4 members (excludes halogenated alkanes) is 1. The highest BCUT2D eigenvalue weighted by Crippen LogP contribution is 2.38. The summed E-state index contributed by atoms with van der Waals surface area (Å²) in [4.78, 5) is 36.0. The predicted molar refractivity (Wildman–Crippen MR) is 545 cm³/mol. The van der Waals surface area contributed by atoms with Crippen LogP contribution in [0.5, 0.6) is 40.2 Å². The second kappa shape index (κ2) is 56.0. The Labute approximate surface area is 817 Å². The van der Waals surface area contributed by atoms with Crippen LogP contribution in [0.3, 0.4) is 0 Å². The van der Waals surface area contributed by atoms with E-state index in [1.165, 1.54) is 21.6 Å². The molecule has 130 heavy (non-hydrogen) atoms. The third-order valence-electron chi connectivity index (χ3n) is 17.6. The highest BCUT2D eigenvalue weighted by atomic mass is 127. The third-order valence-corrected chi connectivity index (χ3v) is 20.6. The number of nitrogens with zero attached hydrogens (tertiary/aromatic N) is 3. The van der Waals surface area contributed by atoms with Gasteiger partial charge < -0.3 is 60.2 Å². The molecule has 1 aromatic heterocycles. The van der Waals surface area contributed by atoms with Gasteiger partial charge in [-0.2, -0.15) is 0 Å². The molecule has 10 aromatic rings. The number of phenolic OH excluding ortho intramolecular Hbond substituents is 6. The lowest BCUT2D eigenvalue weighted by molar-refractivity contribution is -0.254. The van der Waals surface area contributed by atoms with Crippen molar-refractivity contribution in [1.29, 1.82) is 0 Å². The first-order valence-corrected chi connectivity index (χ1v) is 47.8. The van der Waals surface area contributed by atoms with Crippen LogP contribution in [0.2, 0.25) is 19.6 Å². The quantitative estimate of drug-likeness (QED) is 0.00920. The van der Waals surface area contributed by atoms with Gasteiger partial charge in [0, 0.05) is 124 Å². The number of Topliss-reactive ketones (excluding diaryl/α,β-unsaturated/α-hetero) is 2. The molecule has 24 heteroatoms. The Balaban J connectivity index is 0.000000336. The van der Waals surface area contributed by atoms with Gasteiger partial charge in [-0.15, -0.1) is 62.9 Å². The average Bonchev–Trinajstić information content (AvgIpc) is 1.65. The number of aryl methyl sites for hydroxylation is 3. The van der Waals surface area contributed by atoms with Crippen LogP contribution in [0.25, 0.3) is 11.3 Å². The number of benzene rings is 9. The summed E-state index contributed by atoms with van der Waals surface area (Å²) in [5.74, 6) is 35.6. The summed E-state index contributed by atoms with van der Waals surface area (Å²) >= 11 is 15.6. The lowest BCUT2D eigenvalue weighted by atomic mass is 9.96. The molecule has 11 rings (SSSR count). The fourth-order valence-corrected chi connectivity index (χ4v) is 16.1. The van der Waals surface area contributed by atoms with Gasteiger partial charge in [0.05, 0.1) is 12.8 Å². The maximum absolute atomic E-state index is 12.7. The monoisotopic (exact) mass is 2170 g/mol. The molecule has 1 aliphatic heterocycles. The van der Waals surface area contributed by atoms with Crippen molar-refractivity contribution in [3.05, 3.63) is 268 Å². The molecule has 0 radical (unpaired) electrons. The predicted octanol–water partition coefficient (Wildman–Crippen LogP) is 18.4. The number of hydrogen-bond acceptors (Lipinski definition) is 17. The zero-order valence-electron chi connectivity index (χ0n) is 72.6. The van der Waals surface area contributed by atoms with E-state index in [1.54, 1.807) is 72.8 Å². The van der Waals surface area contributed by atoms with Crippen molar-refractivity contribution < 1.29 is 74.6 Å². The van der Waals surface area contributed by atoms with E-state index >= 15 is 0 Å². The molecule has 0 amide bonds. The maximum Gasteiger partial charge on any atom is 0.252 e. The summed E-state index contributed by atoms with van der Waals surface area (Å²) in [7, 11) is -1.66. The summed E-state index contributed by atoms with van der Waals surface area (Å²) in [6, 6.07) is 41.3. The minimum Gasteiger partial charge on any atom is -0.544 e. The van der Waals surface area contributed by atoms with Gasteiger partial charge in [-0.3, -0.25) is 14.4 Å². The normalized spacial score (nSPS) is 13.2. The van der Waals surface area contributed by atoms with Crippen molar-refractivity contribution in [2.24, 2.45) is 0 Å². The Morgan fingerprint density at radius 1 is 0.500 bits per heavy atom. The number of aromatic hydroxyl groups is 6. The van der Waals surface area contributed by atoms with Gasteiger partial charge in [-0.05, 0) is 300 Å². The number of aromatic nitrogens is 3. The summed E-state index contributed by atoms with van der Waals surface area (Å²) < 4.78 is 16.6. The molecule has 0 aliphatic carbocycles. The topological polar surface area (TPSA) is 303 Å². The first-order valence-electron chi connectivity index (χ1n) is 39.7. The number of terminal acetylenes is 9. The van der Waals surface area contributed by atoms with Gasteiger partial charge in [-0.25, -0.2) is 4.68 Å². The zero-order valence-corrected chi connectivity index (χ0v) is 82.4. The summed E-state index contributed by atoms with van der Waals surface area (Å²) in [5, 5.41) is 106. The Morgan fingerprint density at radius 2 is 0.869 bits per heavy atom. The van der Waals surface area contributed by atoms with Crippen molar-refractivity contribution >= 4 is 120 Å². The third kappa shape index (κ3) is 36.5. The van der Waals surface area contributed by atoms with E-state index in [1.807, 2.05) is 65.0 Å². The summed E-state index contributed by atoms with van der Waals surface area (Å²) in [6.45, 7) is 17.8. The van der Waals surface area contributed by atoms with Gasteiger partial charge in [0.1, 0.15) is 35.9 Å². The molecule has 1 fully saturated rings. The van der Waals surface area contributed by atoms with Gasteiger partial charge in [0.15, 0.2) is 46.5 Å². The van der Waals surface area contributed by atoms with E-state index in [2.05, 4.69) is 228 Å². The van der Waals surface area contributed by atoms with Crippen molar-refractivity contribution in [2.75, 3.05) is 11.9 Å². The van der Waals surface area contributed by atoms with E-state index in [9.17, 15) is 65.4 Å². The lowest BCUT2D eigenvalue weighted by Gasteiger charge is -2.39. The number of hydrogen-bond donors (Lipinski definition) is 10. The summed E-state index contributed by atoms with van der Waals surface area (Å²) in [6.07, 6.45) is 46.7. The minimum absolute atomic E-state index is 0.0422. The first-order chi connectivity index (χ1) is 61.7. The number of phenols is 6. The van der Waals surface area contributed by atoms with Gasteiger partial charge >= 0.3 is 0 Å². The van der Waals surface area contributed by atoms with Crippen molar-refractivity contribution in [3.8, 4) is 198 Å². The molecular weight excluding hydrogens is 2080 g/mol. The standard InChI is InChI=1S/C27H33N3O9.C21H14O4.C14H10.C12H17ClO2Si.2C12H6.C6H3I3.C2H5Br/c1-2-3-4-14-7-15(5-6-19(32)17-10-20(33)23(35)21(34)11-17)9-16(8-14)18-12-30(29-28-18)27-26(38)25(37)24(36)22(13-31)39-27;1-3-5-6-15-9-14(4-2)10-16(11-15)7-8-18(22)17-12-19(23)21(25)20(24)13-17;1-4-7-8-14-10-12(5-2)9-13(6-3)11-14;1-8-6-10(12(13)14)7-11(9(8)2)15-16(3,4)5;2*1-4-10-7-11(5-2)9-12(6-3)8-10;7-4-1-5(8)3-6(9)2-4;1-2-3/h7-12,22,24-27,31,33-38H,2-6,13H2,1H3;2,9-13,23-25H,3H2,1H3;2-3,9-11H,4H2,1H3;6-7H,1-5H3;2*1-3,7-9H;1-3H;2H2,1H3. The molecule has 0 spiro atoms. The Hall–Kier alpha value is -12.6. The van der Waals surface area contributed by atoms with Crippen molar-refractivity contribution in [3.63, 3.8) is 0 Å². The van der Waals surface area contributed by atoms with E-state index in [0.29, 0.717) is 46.4 Å². The van der Waals surface area contributed by atoms with Crippen LogP contribution in [-0.2, 0) is 17.6 Å². The van der Waals surface area contributed by atoms with E-state index in [4.69, 9.17) is 78.6 Å². The average molecular weight is 2170 g/mol. The van der Waals surface area contributed by atoms with E-state index in [-0.39, 0.29) is 23.3 Å². The molecule has 1 aliphatic rings. The van der Waals surface area contributed by atoms with Crippen LogP contribution >= 0.6 is 95.3 Å². The number of aliphatic hydroxyl groups is 4. The SMILES string of the molecule is C#Cc1cc(C#C)cc(C#C)c1.C#Cc1cc(C#C)cc(C#C)c1.C#Cc1cc(C#C)cc(C#CCC)c1.C#Cc1cc(C#CCC)cc(C#CC(=O)c2cc(O)c(O)c(O)c2)c1.CCBr.CCCCc1cc(CCC(=O)c2cc(O)c(O)c(O)c2)cc(-c2cn(C3OC(CO)C(O)C(O)C3O)nn2)c1.Cc1cc(C(=O)Cl)cc(O[Si](C)(C)C)c1C.Ic1cc(I)cc(I)c1. The molecule has 5 atom stereocenters. The Bertz CT molecular complexity index is 5980. The highest BCUT2D eigenvalue weighted by molar-refractivity contribution is 14.1. The minimum atomic E-state index is -1.66. The van der Waals surface area contributed by atoms with Crippen molar-refractivity contribution in [1.82, 2.24) is 15.0 Å². The summed E-state index contributed by atoms with van der Waals surface area (Å²) in [5.41, 5.74) is 14.3. The molecule has 0 bridgehead atoms. The van der Waals surface area contributed by atoms with Gasteiger partial charge in [0.2, 0.25) is 14.1 Å². The number of aliphatic hydroxyl groups excluding tert-OH is 4. The Morgan fingerprint density at radius 3 is 1.23 bits per heavy atom. The molecule has 1 saturated heterocycles. The van der Waals surface area contributed by atoms with E-state index < -0.39 is 91.1 Å². The number of ether oxygens (including phenoxy) is 1. The maximum atomic E-state index is 12.7. The number of ketones is 2. The van der Waals surface area contributed by atoms with Crippen molar-refractivity contribution in [2.45, 2.75) is 137 Å². The van der Waals surface area contributed by atoms with Gasteiger partial charge in [-0.1, -0.05) is 144 Å². The second-order valence-electron chi connectivity index (χ2n) is 28.7. The number of halogens is 5. The molecule has 18 nitrogen and oxygen atoms in total. The van der Waals surface area contributed by atoms with E-state index in [0.717, 1.165) is 133 Å². The van der Waals surface area contributed by atoms with Crippen LogP contribution in [-0.4, -0.2) is 128 Å². The fraction of sp³-hybridized carbons (Fsp3) is 0.217.